The molecule has 0 saturated heterocycles. The predicted molar refractivity (Wildman–Crippen MR) is 77.7 cm³/mol. The summed E-state index contributed by atoms with van der Waals surface area (Å²) in [6.45, 7) is 4.71. The van der Waals surface area contributed by atoms with Crippen LogP contribution in [0.4, 0.5) is 8.78 Å². The lowest BCUT2D eigenvalue weighted by Gasteiger charge is -2.20. The van der Waals surface area contributed by atoms with Gasteiger partial charge in [-0.3, -0.25) is 0 Å². The van der Waals surface area contributed by atoms with Gasteiger partial charge in [0.15, 0.2) is 0 Å². The molecule has 1 atom stereocenters. The van der Waals surface area contributed by atoms with E-state index in [1.165, 1.54) is 24.3 Å². The number of halogens is 2. The predicted octanol–water partition coefficient (Wildman–Crippen LogP) is 4.36. The van der Waals surface area contributed by atoms with E-state index in [4.69, 9.17) is 0 Å². The lowest BCUT2D eigenvalue weighted by atomic mass is 9.97. The molecule has 1 N–H and O–H groups in total. The molecule has 106 valence electrons. The van der Waals surface area contributed by atoms with Crippen LogP contribution in [0.5, 0.6) is 0 Å². The molecule has 2 rings (SSSR count). The average Bonchev–Trinajstić information content (AvgIpc) is 2.38. The van der Waals surface area contributed by atoms with E-state index in [9.17, 15) is 8.78 Å². The van der Waals surface area contributed by atoms with Gasteiger partial charge in [0.1, 0.15) is 11.6 Å². The fourth-order valence-electron chi connectivity index (χ4n) is 2.33. The SMILES string of the molecule is CCCNC(c1cccc(F)c1)c1cc(C)cc(F)c1. The number of rotatable bonds is 5. The first-order valence-electron chi connectivity index (χ1n) is 6.86. The third-order valence-corrected chi connectivity index (χ3v) is 3.18. The van der Waals surface area contributed by atoms with Crippen LogP contribution in [-0.4, -0.2) is 6.54 Å². The summed E-state index contributed by atoms with van der Waals surface area (Å²) in [5.74, 6) is -0.543. The molecule has 0 heterocycles. The van der Waals surface area contributed by atoms with Crippen molar-refractivity contribution in [3.63, 3.8) is 0 Å². The van der Waals surface area contributed by atoms with Gasteiger partial charge in [0.25, 0.3) is 0 Å². The maximum atomic E-state index is 13.6. The second-order valence-corrected chi connectivity index (χ2v) is 5.00. The summed E-state index contributed by atoms with van der Waals surface area (Å²) in [6.07, 6.45) is 0.958. The van der Waals surface area contributed by atoms with E-state index in [0.717, 1.165) is 29.7 Å². The first-order valence-corrected chi connectivity index (χ1v) is 6.86. The molecular formula is C17H19F2N. The highest BCUT2D eigenvalue weighted by atomic mass is 19.1. The zero-order chi connectivity index (χ0) is 14.5. The van der Waals surface area contributed by atoms with Crippen molar-refractivity contribution in [2.24, 2.45) is 0 Å². The Balaban J connectivity index is 2.41. The van der Waals surface area contributed by atoms with Gasteiger partial charge < -0.3 is 5.32 Å². The molecule has 0 aliphatic heterocycles. The molecule has 2 aromatic rings. The van der Waals surface area contributed by atoms with E-state index < -0.39 is 0 Å². The quantitative estimate of drug-likeness (QED) is 0.854. The molecule has 0 radical (unpaired) electrons. The first-order chi connectivity index (χ1) is 9.60. The number of hydrogen-bond acceptors (Lipinski definition) is 1. The Kier molecular flexibility index (Phi) is 4.85. The van der Waals surface area contributed by atoms with E-state index >= 15 is 0 Å². The summed E-state index contributed by atoms with van der Waals surface area (Å²) < 4.78 is 27.0. The van der Waals surface area contributed by atoms with Crippen LogP contribution in [0.3, 0.4) is 0 Å². The Morgan fingerprint density at radius 2 is 1.75 bits per heavy atom. The fraction of sp³-hybridized carbons (Fsp3) is 0.294. The molecule has 1 nitrogen and oxygen atoms in total. The normalized spacial score (nSPS) is 12.4. The fourth-order valence-corrected chi connectivity index (χ4v) is 2.33. The van der Waals surface area contributed by atoms with Crippen molar-refractivity contribution in [3.05, 3.63) is 70.8 Å². The van der Waals surface area contributed by atoms with Crippen LogP contribution in [0.15, 0.2) is 42.5 Å². The molecule has 0 aromatic heterocycles. The van der Waals surface area contributed by atoms with Crippen molar-refractivity contribution < 1.29 is 8.78 Å². The summed E-state index contributed by atoms with van der Waals surface area (Å²) in [5.41, 5.74) is 2.49. The molecule has 3 heteroatoms. The smallest absolute Gasteiger partial charge is 0.123 e. The Bertz CT molecular complexity index is 561. The average molecular weight is 275 g/mol. The van der Waals surface area contributed by atoms with Crippen molar-refractivity contribution in [3.8, 4) is 0 Å². The standard InChI is InChI=1S/C17H19F2N/c1-3-7-20-17(13-5-4-6-15(18)10-13)14-8-12(2)9-16(19)11-14/h4-6,8-11,17,20H,3,7H2,1-2H3. The van der Waals surface area contributed by atoms with Gasteiger partial charge in [0.2, 0.25) is 0 Å². The van der Waals surface area contributed by atoms with Gasteiger partial charge in [-0.25, -0.2) is 8.78 Å². The Morgan fingerprint density at radius 1 is 1.00 bits per heavy atom. The lowest BCUT2D eigenvalue weighted by Crippen LogP contribution is -2.23. The van der Waals surface area contributed by atoms with E-state index in [2.05, 4.69) is 12.2 Å². The third kappa shape index (κ3) is 3.64. The van der Waals surface area contributed by atoms with Crippen molar-refractivity contribution >= 4 is 0 Å². The molecule has 1 unspecified atom stereocenters. The molecule has 0 bridgehead atoms. The van der Waals surface area contributed by atoms with Crippen LogP contribution in [-0.2, 0) is 0 Å². The minimum Gasteiger partial charge on any atom is -0.306 e. The van der Waals surface area contributed by atoms with Gasteiger partial charge in [-0.1, -0.05) is 25.1 Å². The van der Waals surface area contributed by atoms with Crippen molar-refractivity contribution in [1.29, 1.82) is 0 Å². The molecular weight excluding hydrogens is 256 g/mol. The van der Waals surface area contributed by atoms with E-state index in [-0.39, 0.29) is 17.7 Å². The summed E-state index contributed by atoms with van der Waals surface area (Å²) in [7, 11) is 0. The highest BCUT2D eigenvalue weighted by molar-refractivity contribution is 5.34. The van der Waals surface area contributed by atoms with Crippen molar-refractivity contribution in [2.45, 2.75) is 26.3 Å². The Morgan fingerprint density at radius 3 is 2.40 bits per heavy atom. The Labute approximate surface area is 118 Å². The van der Waals surface area contributed by atoms with Gasteiger partial charge in [0.05, 0.1) is 6.04 Å². The molecule has 0 spiro atoms. The van der Waals surface area contributed by atoms with Gasteiger partial charge >= 0.3 is 0 Å². The summed E-state index contributed by atoms with van der Waals surface area (Å²) >= 11 is 0. The van der Waals surface area contributed by atoms with Gasteiger partial charge in [-0.05, 0) is 60.8 Å². The summed E-state index contributed by atoms with van der Waals surface area (Å²) in [6, 6.07) is 11.2. The molecule has 0 aliphatic rings. The summed E-state index contributed by atoms with van der Waals surface area (Å²) in [5, 5.41) is 3.35. The topological polar surface area (TPSA) is 12.0 Å². The lowest BCUT2D eigenvalue weighted by molar-refractivity contribution is 0.576. The van der Waals surface area contributed by atoms with Crippen LogP contribution in [0, 0.1) is 18.6 Å². The minimum atomic E-state index is -0.279. The van der Waals surface area contributed by atoms with Crippen LogP contribution in [0.1, 0.15) is 36.1 Å². The number of benzene rings is 2. The van der Waals surface area contributed by atoms with E-state index in [1.54, 1.807) is 6.07 Å². The van der Waals surface area contributed by atoms with E-state index in [0.29, 0.717) is 0 Å². The number of aryl methyl sites for hydroxylation is 1. The van der Waals surface area contributed by atoms with Gasteiger partial charge in [-0.2, -0.15) is 0 Å². The van der Waals surface area contributed by atoms with Gasteiger partial charge in [0, 0.05) is 0 Å². The van der Waals surface area contributed by atoms with Crippen molar-refractivity contribution in [1.82, 2.24) is 5.32 Å². The zero-order valence-corrected chi connectivity index (χ0v) is 11.8. The zero-order valence-electron chi connectivity index (χ0n) is 11.8. The number of nitrogens with one attached hydrogen (secondary N) is 1. The van der Waals surface area contributed by atoms with Crippen LogP contribution in [0.2, 0.25) is 0 Å². The molecule has 0 fully saturated rings. The second-order valence-electron chi connectivity index (χ2n) is 5.00. The molecule has 2 aromatic carbocycles. The van der Waals surface area contributed by atoms with E-state index in [1.807, 2.05) is 19.1 Å². The van der Waals surface area contributed by atoms with Crippen molar-refractivity contribution in [2.75, 3.05) is 6.54 Å². The van der Waals surface area contributed by atoms with Crippen LogP contribution >= 0.6 is 0 Å². The second kappa shape index (κ2) is 6.62. The molecule has 20 heavy (non-hydrogen) atoms. The third-order valence-electron chi connectivity index (χ3n) is 3.18. The van der Waals surface area contributed by atoms with Crippen LogP contribution < -0.4 is 5.32 Å². The molecule has 0 amide bonds. The maximum Gasteiger partial charge on any atom is 0.123 e. The monoisotopic (exact) mass is 275 g/mol. The summed E-state index contributed by atoms with van der Waals surface area (Å²) in [4.78, 5) is 0. The minimum absolute atomic E-state index is 0.194. The highest BCUT2D eigenvalue weighted by Crippen LogP contribution is 2.24. The largest absolute Gasteiger partial charge is 0.306 e. The highest BCUT2D eigenvalue weighted by Gasteiger charge is 2.15. The molecule has 0 saturated carbocycles. The maximum absolute atomic E-state index is 13.6. The van der Waals surface area contributed by atoms with Crippen LogP contribution in [0.25, 0.3) is 0 Å². The first kappa shape index (κ1) is 14.7. The molecule has 0 aliphatic carbocycles. The Hall–Kier alpha value is -1.74. The van der Waals surface area contributed by atoms with Gasteiger partial charge in [-0.15, -0.1) is 0 Å². The number of hydrogen-bond donors (Lipinski definition) is 1.